The van der Waals surface area contributed by atoms with Crippen LogP contribution >= 0.6 is 0 Å². The second kappa shape index (κ2) is 3.05. The van der Waals surface area contributed by atoms with Crippen LogP contribution in [0.1, 0.15) is 13.3 Å². The Labute approximate surface area is 50.2 Å². The molecule has 2 heteroatoms. The van der Waals surface area contributed by atoms with Crippen molar-refractivity contribution in [1.29, 1.82) is 0 Å². The van der Waals surface area contributed by atoms with Gasteiger partial charge in [-0.2, -0.15) is 0 Å². The second-order valence-corrected chi connectivity index (χ2v) is 2.28. The number of nitrogens with one attached hydrogen (secondary N) is 1. The highest BCUT2D eigenvalue weighted by Crippen LogP contribution is 1.91. The summed E-state index contributed by atoms with van der Waals surface area (Å²) in [5, 5.41) is 3.32. The first-order valence-electron chi connectivity index (χ1n) is 3.21. The Morgan fingerprint density at radius 1 is 1.62 bits per heavy atom. The van der Waals surface area contributed by atoms with E-state index in [2.05, 4.69) is 12.2 Å². The molecule has 1 atom stereocenters. The van der Waals surface area contributed by atoms with Crippen LogP contribution in [0.2, 0.25) is 0 Å². The molecule has 0 aliphatic carbocycles. The van der Waals surface area contributed by atoms with Gasteiger partial charge in [0.05, 0.1) is 6.61 Å². The third-order valence-electron chi connectivity index (χ3n) is 1.33. The molecule has 2 nitrogen and oxygen atoms in total. The molecule has 1 saturated heterocycles. The molecule has 1 aliphatic heterocycles. The van der Waals surface area contributed by atoms with Crippen LogP contribution in [0.3, 0.4) is 0 Å². The first kappa shape index (κ1) is 6.05. The summed E-state index contributed by atoms with van der Waals surface area (Å²) >= 11 is 0. The smallest absolute Gasteiger partial charge is 0.0616 e. The first-order chi connectivity index (χ1) is 3.89. The molecule has 48 valence electrons. The van der Waals surface area contributed by atoms with Gasteiger partial charge in [0, 0.05) is 12.6 Å². The SMILES string of the molecule is CC1COCCCN1. The minimum atomic E-state index is 0.553. The molecule has 1 rings (SSSR count). The summed E-state index contributed by atoms with van der Waals surface area (Å²) in [7, 11) is 0. The number of hydrogen-bond acceptors (Lipinski definition) is 2. The Morgan fingerprint density at radius 2 is 2.50 bits per heavy atom. The van der Waals surface area contributed by atoms with Crippen molar-refractivity contribution >= 4 is 0 Å². The molecule has 1 heterocycles. The van der Waals surface area contributed by atoms with E-state index in [0.29, 0.717) is 6.04 Å². The maximum atomic E-state index is 5.24. The normalized spacial score (nSPS) is 31.9. The molecule has 0 aromatic carbocycles. The van der Waals surface area contributed by atoms with Crippen molar-refractivity contribution in [3.8, 4) is 0 Å². The van der Waals surface area contributed by atoms with Crippen molar-refractivity contribution in [1.82, 2.24) is 5.32 Å². The molecule has 1 unspecified atom stereocenters. The summed E-state index contributed by atoms with van der Waals surface area (Å²) < 4.78 is 5.24. The molecule has 1 fully saturated rings. The summed E-state index contributed by atoms with van der Waals surface area (Å²) in [6.07, 6.45) is 1.16. The van der Waals surface area contributed by atoms with E-state index in [1.165, 1.54) is 0 Å². The van der Waals surface area contributed by atoms with Crippen molar-refractivity contribution in [3.05, 3.63) is 0 Å². The summed E-state index contributed by atoms with van der Waals surface area (Å²) in [5.74, 6) is 0. The van der Waals surface area contributed by atoms with E-state index in [1.54, 1.807) is 0 Å². The third-order valence-corrected chi connectivity index (χ3v) is 1.33. The highest BCUT2D eigenvalue weighted by molar-refractivity contribution is 4.61. The Kier molecular flexibility index (Phi) is 2.30. The Bertz CT molecular complexity index is 57.5. The highest BCUT2D eigenvalue weighted by atomic mass is 16.5. The van der Waals surface area contributed by atoms with E-state index in [4.69, 9.17) is 4.74 Å². The minimum absolute atomic E-state index is 0.553. The number of ether oxygens (including phenoxy) is 1. The van der Waals surface area contributed by atoms with Crippen molar-refractivity contribution < 1.29 is 4.74 Å². The zero-order chi connectivity index (χ0) is 5.82. The van der Waals surface area contributed by atoms with Gasteiger partial charge >= 0.3 is 0 Å². The van der Waals surface area contributed by atoms with Crippen molar-refractivity contribution in [3.63, 3.8) is 0 Å². The van der Waals surface area contributed by atoms with Gasteiger partial charge in [-0.1, -0.05) is 0 Å². The zero-order valence-electron chi connectivity index (χ0n) is 5.31. The maximum absolute atomic E-state index is 5.24. The first-order valence-corrected chi connectivity index (χ1v) is 3.21. The molecule has 0 radical (unpaired) electrons. The van der Waals surface area contributed by atoms with Crippen LogP contribution in [0.25, 0.3) is 0 Å². The molecule has 0 bridgehead atoms. The van der Waals surface area contributed by atoms with E-state index in [-0.39, 0.29) is 0 Å². The van der Waals surface area contributed by atoms with Gasteiger partial charge in [0.2, 0.25) is 0 Å². The van der Waals surface area contributed by atoms with Gasteiger partial charge in [-0.15, -0.1) is 0 Å². The van der Waals surface area contributed by atoms with Crippen molar-refractivity contribution in [2.24, 2.45) is 0 Å². The molecule has 1 aliphatic rings. The Morgan fingerprint density at radius 3 is 3.38 bits per heavy atom. The van der Waals surface area contributed by atoms with Crippen LogP contribution in [0.5, 0.6) is 0 Å². The lowest BCUT2D eigenvalue weighted by Crippen LogP contribution is -2.27. The van der Waals surface area contributed by atoms with Crippen LogP contribution in [0.15, 0.2) is 0 Å². The molecule has 1 N–H and O–H groups in total. The number of hydrogen-bond donors (Lipinski definition) is 1. The van der Waals surface area contributed by atoms with Crippen molar-refractivity contribution in [2.75, 3.05) is 19.8 Å². The standard InChI is InChI=1S/C6H13NO/c1-6-5-8-4-2-3-7-6/h6-7H,2-5H2,1H3. The van der Waals surface area contributed by atoms with Crippen molar-refractivity contribution in [2.45, 2.75) is 19.4 Å². The zero-order valence-corrected chi connectivity index (χ0v) is 5.31. The molecule has 0 amide bonds. The molecule has 0 aromatic rings. The lowest BCUT2D eigenvalue weighted by atomic mass is 10.3. The lowest BCUT2D eigenvalue weighted by Gasteiger charge is -2.05. The topological polar surface area (TPSA) is 21.3 Å². The van der Waals surface area contributed by atoms with E-state index >= 15 is 0 Å². The van der Waals surface area contributed by atoms with Gasteiger partial charge in [-0.25, -0.2) is 0 Å². The van der Waals surface area contributed by atoms with E-state index < -0.39 is 0 Å². The molecule has 8 heavy (non-hydrogen) atoms. The fourth-order valence-corrected chi connectivity index (χ4v) is 0.842. The summed E-state index contributed by atoms with van der Waals surface area (Å²) in [6, 6.07) is 0.553. The van der Waals surface area contributed by atoms with Crippen LogP contribution in [0.4, 0.5) is 0 Å². The summed E-state index contributed by atoms with van der Waals surface area (Å²) in [4.78, 5) is 0. The Hall–Kier alpha value is -0.0800. The largest absolute Gasteiger partial charge is 0.380 e. The molecular weight excluding hydrogens is 102 g/mol. The van der Waals surface area contributed by atoms with E-state index in [9.17, 15) is 0 Å². The average Bonchev–Trinajstić information content (AvgIpc) is 1.94. The fraction of sp³-hybridized carbons (Fsp3) is 1.00. The van der Waals surface area contributed by atoms with Crippen LogP contribution < -0.4 is 5.32 Å². The van der Waals surface area contributed by atoms with Gasteiger partial charge in [-0.3, -0.25) is 0 Å². The third kappa shape index (κ3) is 1.80. The fourth-order valence-electron chi connectivity index (χ4n) is 0.842. The van der Waals surface area contributed by atoms with Gasteiger partial charge < -0.3 is 10.1 Å². The highest BCUT2D eigenvalue weighted by Gasteiger charge is 2.03. The van der Waals surface area contributed by atoms with Crippen LogP contribution in [0, 0.1) is 0 Å². The molecule has 0 spiro atoms. The molecular formula is C6H13NO. The lowest BCUT2D eigenvalue weighted by molar-refractivity contribution is 0.135. The summed E-state index contributed by atoms with van der Waals surface area (Å²) in [5.41, 5.74) is 0. The Balaban J connectivity index is 2.17. The van der Waals surface area contributed by atoms with Crippen LogP contribution in [-0.2, 0) is 4.74 Å². The minimum Gasteiger partial charge on any atom is -0.380 e. The van der Waals surface area contributed by atoms with E-state index in [0.717, 1.165) is 26.2 Å². The van der Waals surface area contributed by atoms with Gasteiger partial charge in [-0.05, 0) is 19.9 Å². The van der Waals surface area contributed by atoms with Gasteiger partial charge in [0.1, 0.15) is 0 Å². The average molecular weight is 115 g/mol. The predicted octanol–water partition coefficient (Wildman–Crippen LogP) is 0.385. The maximum Gasteiger partial charge on any atom is 0.0616 e. The van der Waals surface area contributed by atoms with Crippen LogP contribution in [-0.4, -0.2) is 25.8 Å². The number of rotatable bonds is 0. The van der Waals surface area contributed by atoms with E-state index in [1.807, 2.05) is 0 Å². The van der Waals surface area contributed by atoms with Gasteiger partial charge in [0.25, 0.3) is 0 Å². The van der Waals surface area contributed by atoms with Gasteiger partial charge in [0.15, 0.2) is 0 Å². The molecule has 0 saturated carbocycles. The monoisotopic (exact) mass is 115 g/mol. The second-order valence-electron chi connectivity index (χ2n) is 2.28. The predicted molar refractivity (Wildman–Crippen MR) is 32.9 cm³/mol. The molecule has 0 aromatic heterocycles. The quantitative estimate of drug-likeness (QED) is 0.493. The summed E-state index contributed by atoms with van der Waals surface area (Å²) in [6.45, 7) is 5.06.